The number of anilines is 1. The summed E-state index contributed by atoms with van der Waals surface area (Å²) in [6.07, 6.45) is 1.58. The summed E-state index contributed by atoms with van der Waals surface area (Å²) in [5.74, 6) is 1.36. The lowest BCUT2D eigenvalue weighted by Gasteiger charge is -2.20. The van der Waals surface area contributed by atoms with Crippen molar-refractivity contribution in [1.29, 1.82) is 0 Å². The zero-order valence-electron chi connectivity index (χ0n) is 17.9. The van der Waals surface area contributed by atoms with Gasteiger partial charge in [-0.15, -0.1) is 0 Å². The Balaban J connectivity index is 1.66. The average Bonchev–Trinajstić information content (AvgIpc) is 3.24. The minimum Gasteiger partial charge on any atom is -0.328 e. The van der Waals surface area contributed by atoms with E-state index in [0.717, 1.165) is 42.1 Å². The van der Waals surface area contributed by atoms with Crippen LogP contribution in [0.1, 0.15) is 35.7 Å². The van der Waals surface area contributed by atoms with E-state index < -0.39 is 0 Å². The molecule has 4 rings (SSSR count). The number of fused-ring (bicyclic) bond motifs is 1. The second kappa shape index (κ2) is 7.99. The number of nitrogens with zero attached hydrogens (tertiary/aromatic N) is 4. The van der Waals surface area contributed by atoms with Crippen LogP contribution in [0.15, 0.2) is 42.5 Å². The molecule has 1 aliphatic rings. The Morgan fingerprint density at radius 1 is 1.14 bits per heavy atom. The van der Waals surface area contributed by atoms with Crippen LogP contribution in [-0.2, 0) is 11.3 Å². The molecule has 0 N–H and O–H groups in total. The molecule has 1 aromatic heterocycles. The van der Waals surface area contributed by atoms with Crippen molar-refractivity contribution < 1.29 is 4.79 Å². The van der Waals surface area contributed by atoms with E-state index in [-0.39, 0.29) is 11.8 Å². The van der Waals surface area contributed by atoms with Gasteiger partial charge in [-0.2, -0.15) is 0 Å². The predicted octanol–water partition coefficient (Wildman–Crippen LogP) is 4.13. The van der Waals surface area contributed by atoms with Crippen molar-refractivity contribution in [3.05, 3.63) is 59.4 Å². The molecule has 5 nitrogen and oxygen atoms in total. The molecule has 0 saturated carbocycles. The van der Waals surface area contributed by atoms with Gasteiger partial charge in [0.05, 0.1) is 11.0 Å². The van der Waals surface area contributed by atoms with E-state index in [1.54, 1.807) is 0 Å². The number of hydrogen-bond acceptors (Lipinski definition) is 3. The molecule has 1 amide bonds. The normalized spacial score (nSPS) is 17.1. The molecule has 1 fully saturated rings. The molecule has 0 radical (unpaired) electrons. The molecule has 1 aliphatic heterocycles. The fraction of sp³-hybridized carbons (Fsp3) is 0.417. The number of carbonyl (C=O) groups excluding carboxylic acids is 1. The molecule has 0 spiro atoms. The van der Waals surface area contributed by atoms with E-state index >= 15 is 0 Å². The summed E-state index contributed by atoms with van der Waals surface area (Å²) in [6, 6.07) is 14.6. The number of hydrogen-bond donors (Lipinski definition) is 0. The maximum atomic E-state index is 12.9. The Morgan fingerprint density at radius 3 is 2.72 bits per heavy atom. The van der Waals surface area contributed by atoms with Gasteiger partial charge in [0.1, 0.15) is 5.82 Å². The van der Waals surface area contributed by atoms with Crippen LogP contribution in [0.4, 0.5) is 5.69 Å². The van der Waals surface area contributed by atoms with Gasteiger partial charge in [0.2, 0.25) is 5.91 Å². The minimum atomic E-state index is 0.120. The first kappa shape index (κ1) is 19.6. The molecule has 1 unspecified atom stereocenters. The number of aryl methyl sites for hydroxylation is 3. The van der Waals surface area contributed by atoms with E-state index in [1.165, 1.54) is 11.1 Å². The van der Waals surface area contributed by atoms with Crippen LogP contribution in [0.2, 0.25) is 0 Å². The zero-order chi connectivity index (χ0) is 20.5. The summed E-state index contributed by atoms with van der Waals surface area (Å²) in [6.45, 7) is 6.80. The Labute approximate surface area is 172 Å². The van der Waals surface area contributed by atoms with Gasteiger partial charge in [0.25, 0.3) is 0 Å². The lowest BCUT2D eigenvalue weighted by molar-refractivity contribution is -0.117. The highest BCUT2D eigenvalue weighted by molar-refractivity contribution is 5.97. The SMILES string of the molecule is Cc1ccc(C)c(N2CC(c3nc4ccccc4n3CCCN(C)C)CC2=O)c1. The van der Waals surface area contributed by atoms with E-state index in [2.05, 4.69) is 73.8 Å². The molecule has 2 heterocycles. The lowest BCUT2D eigenvalue weighted by atomic mass is 10.1. The number of imidazole rings is 1. The van der Waals surface area contributed by atoms with Gasteiger partial charge in [-0.1, -0.05) is 24.3 Å². The third kappa shape index (κ3) is 3.92. The summed E-state index contributed by atoms with van der Waals surface area (Å²) >= 11 is 0. The fourth-order valence-electron chi connectivity index (χ4n) is 4.31. The second-order valence-corrected chi connectivity index (χ2v) is 8.46. The lowest BCUT2D eigenvalue weighted by Crippen LogP contribution is -2.25. The Morgan fingerprint density at radius 2 is 1.93 bits per heavy atom. The Kier molecular flexibility index (Phi) is 5.41. The maximum absolute atomic E-state index is 12.9. The topological polar surface area (TPSA) is 41.4 Å². The average molecular weight is 391 g/mol. The second-order valence-electron chi connectivity index (χ2n) is 8.46. The van der Waals surface area contributed by atoms with Gasteiger partial charge in [-0.05, 0) is 70.2 Å². The quantitative estimate of drug-likeness (QED) is 0.636. The van der Waals surface area contributed by atoms with Crippen LogP contribution in [-0.4, -0.2) is 47.5 Å². The molecule has 0 bridgehead atoms. The molecule has 1 saturated heterocycles. The summed E-state index contributed by atoms with van der Waals surface area (Å²) in [4.78, 5) is 22.1. The zero-order valence-corrected chi connectivity index (χ0v) is 17.9. The molecule has 1 atom stereocenters. The van der Waals surface area contributed by atoms with Gasteiger partial charge < -0.3 is 14.4 Å². The van der Waals surface area contributed by atoms with Crippen LogP contribution < -0.4 is 4.90 Å². The number of benzene rings is 2. The Bertz CT molecular complexity index is 1040. The van der Waals surface area contributed by atoms with Crippen LogP contribution in [0.5, 0.6) is 0 Å². The molecule has 29 heavy (non-hydrogen) atoms. The van der Waals surface area contributed by atoms with Gasteiger partial charge in [-0.25, -0.2) is 4.98 Å². The predicted molar refractivity (Wildman–Crippen MR) is 119 cm³/mol. The highest BCUT2D eigenvalue weighted by atomic mass is 16.2. The van der Waals surface area contributed by atoms with Crippen LogP contribution in [0, 0.1) is 13.8 Å². The van der Waals surface area contributed by atoms with Crippen LogP contribution in [0.25, 0.3) is 11.0 Å². The summed E-state index contributed by atoms with van der Waals surface area (Å²) in [5, 5.41) is 0. The standard InChI is InChI=1S/C24H30N4O/c1-17-10-11-18(2)22(14-17)28-16-19(15-23(28)29)24-25-20-8-5-6-9-21(20)27(24)13-7-12-26(3)4/h5-6,8-11,14,19H,7,12-13,15-16H2,1-4H3. The van der Waals surface area contributed by atoms with E-state index in [0.29, 0.717) is 13.0 Å². The van der Waals surface area contributed by atoms with Crippen molar-refractivity contribution >= 4 is 22.6 Å². The van der Waals surface area contributed by atoms with E-state index in [9.17, 15) is 4.79 Å². The fourth-order valence-corrected chi connectivity index (χ4v) is 4.31. The Hall–Kier alpha value is -2.66. The van der Waals surface area contributed by atoms with Crippen molar-refractivity contribution in [2.24, 2.45) is 0 Å². The van der Waals surface area contributed by atoms with Gasteiger partial charge in [-0.3, -0.25) is 4.79 Å². The summed E-state index contributed by atoms with van der Waals surface area (Å²) in [5.41, 5.74) is 5.54. The number of rotatable bonds is 6. The monoisotopic (exact) mass is 390 g/mol. The number of carbonyl (C=O) groups is 1. The number of para-hydroxylation sites is 2. The van der Waals surface area contributed by atoms with E-state index in [1.807, 2.05) is 11.0 Å². The van der Waals surface area contributed by atoms with Crippen molar-refractivity contribution in [1.82, 2.24) is 14.5 Å². The van der Waals surface area contributed by atoms with Crippen LogP contribution >= 0.6 is 0 Å². The largest absolute Gasteiger partial charge is 0.328 e. The van der Waals surface area contributed by atoms with Crippen LogP contribution in [0.3, 0.4) is 0 Å². The molecular formula is C24H30N4O. The number of amides is 1. The maximum Gasteiger partial charge on any atom is 0.227 e. The molecule has 5 heteroatoms. The first-order valence-electron chi connectivity index (χ1n) is 10.4. The molecule has 3 aromatic rings. The smallest absolute Gasteiger partial charge is 0.227 e. The third-order valence-corrected chi connectivity index (χ3v) is 5.82. The van der Waals surface area contributed by atoms with Gasteiger partial charge in [0, 0.05) is 31.1 Å². The summed E-state index contributed by atoms with van der Waals surface area (Å²) in [7, 11) is 4.20. The first-order chi connectivity index (χ1) is 13.9. The molecule has 152 valence electrons. The summed E-state index contributed by atoms with van der Waals surface area (Å²) < 4.78 is 2.34. The number of aromatic nitrogens is 2. The highest BCUT2D eigenvalue weighted by Crippen LogP contribution is 2.35. The van der Waals surface area contributed by atoms with Crippen molar-refractivity contribution in [3.8, 4) is 0 Å². The molecule has 0 aliphatic carbocycles. The molecular weight excluding hydrogens is 360 g/mol. The van der Waals surface area contributed by atoms with Gasteiger partial charge in [0.15, 0.2) is 0 Å². The van der Waals surface area contributed by atoms with Crippen molar-refractivity contribution in [2.75, 3.05) is 32.1 Å². The van der Waals surface area contributed by atoms with E-state index in [4.69, 9.17) is 4.98 Å². The molecule has 2 aromatic carbocycles. The highest BCUT2D eigenvalue weighted by Gasteiger charge is 2.35. The van der Waals surface area contributed by atoms with Crippen molar-refractivity contribution in [2.45, 2.75) is 39.2 Å². The van der Waals surface area contributed by atoms with Crippen molar-refractivity contribution in [3.63, 3.8) is 0 Å². The first-order valence-corrected chi connectivity index (χ1v) is 10.4. The van der Waals surface area contributed by atoms with Gasteiger partial charge >= 0.3 is 0 Å². The third-order valence-electron chi connectivity index (χ3n) is 5.82. The minimum absolute atomic E-state index is 0.120.